The Bertz CT molecular complexity index is 818. The molecule has 0 radical (unpaired) electrons. The normalized spacial score (nSPS) is 10.8. The lowest BCUT2D eigenvalue weighted by Gasteiger charge is -2.07. The number of aldehydes is 1. The molecule has 3 aromatic rings. The van der Waals surface area contributed by atoms with E-state index in [1.807, 2.05) is 19.9 Å². The highest BCUT2D eigenvalue weighted by Crippen LogP contribution is 2.25. The Morgan fingerprint density at radius 3 is 2.57 bits per heavy atom. The van der Waals surface area contributed by atoms with Gasteiger partial charge in [-0.3, -0.25) is 4.79 Å². The number of aromatic nitrogens is 2. The SMILES string of the molecule is Cc1cc(C)n(-c2ccc(-c3ccc(C=O)o3)cc2F)n1. The van der Waals surface area contributed by atoms with Crippen molar-refractivity contribution in [1.29, 1.82) is 0 Å². The van der Waals surface area contributed by atoms with E-state index < -0.39 is 5.82 Å². The summed E-state index contributed by atoms with van der Waals surface area (Å²) in [6.45, 7) is 3.73. The molecule has 0 aliphatic rings. The van der Waals surface area contributed by atoms with Gasteiger partial charge < -0.3 is 4.42 Å². The molecule has 2 heterocycles. The van der Waals surface area contributed by atoms with Crippen molar-refractivity contribution in [2.24, 2.45) is 0 Å². The summed E-state index contributed by atoms with van der Waals surface area (Å²) in [6.07, 6.45) is 0.615. The van der Waals surface area contributed by atoms with E-state index in [0.717, 1.165) is 11.4 Å². The molecule has 0 saturated heterocycles. The van der Waals surface area contributed by atoms with Crippen LogP contribution in [-0.2, 0) is 0 Å². The van der Waals surface area contributed by atoms with Crippen LogP contribution in [0.3, 0.4) is 0 Å². The number of aryl methyl sites for hydroxylation is 2. The Morgan fingerprint density at radius 2 is 2.00 bits per heavy atom. The molecule has 0 bridgehead atoms. The fourth-order valence-electron chi connectivity index (χ4n) is 2.28. The van der Waals surface area contributed by atoms with Gasteiger partial charge in [0.05, 0.1) is 5.69 Å². The predicted molar refractivity (Wildman–Crippen MR) is 76.1 cm³/mol. The van der Waals surface area contributed by atoms with Gasteiger partial charge in [-0.05, 0) is 50.2 Å². The van der Waals surface area contributed by atoms with Gasteiger partial charge in [0.15, 0.2) is 12.0 Å². The second-order valence-electron chi connectivity index (χ2n) is 4.82. The number of hydrogen-bond acceptors (Lipinski definition) is 3. The molecule has 0 amide bonds. The lowest BCUT2D eigenvalue weighted by molar-refractivity contribution is 0.110. The molecule has 3 rings (SSSR count). The Hall–Kier alpha value is -2.69. The van der Waals surface area contributed by atoms with Crippen molar-refractivity contribution in [2.75, 3.05) is 0 Å². The second-order valence-corrected chi connectivity index (χ2v) is 4.82. The maximum atomic E-state index is 14.3. The highest BCUT2D eigenvalue weighted by Gasteiger charge is 2.12. The third-order valence-electron chi connectivity index (χ3n) is 3.21. The van der Waals surface area contributed by atoms with Crippen molar-refractivity contribution >= 4 is 6.29 Å². The summed E-state index contributed by atoms with van der Waals surface area (Å²) in [5.41, 5.74) is 2.65. The van der Waals surface area contributed by atoms with Crippen molar-refractivity contribution in [2.45, 2.75) is 13.8 Å². The van der Waals surface area contributed by atoms with E-state index >= 15 is 0 Å². The monoisotopic (exact) mass is 284 g/mol. The Morgan fingerprint density at radius 1 is 1.19 bits per heavy atom. The van der Waals surface area contributed by atoms with E-state index in [4.69, 9.17) is 4.42 Å². The molecule has 0 fully saturated rings. The number of carbonyl (C=O) groups is 1. The van der Waals surface area contributed by atoms with Gasteiger partial charge in [0.25, 0.3) is 0 Å². The van der Waals surface area contributed by atoms with E-state index in [1.54, 1.807) is 28.9 Å². The maximum Gasteiger partial charge on any atom is 0.185 e. The zero-order valence-corrected chi connectivity index (χ0v) is 11.6. The zero-order valence-electron chi connectivity index (χ0n) is 11.6. The number of halogens is 1. The largest absolute Gasteiger partial charge is 0.453 e. The number of hydrogen-bond donors (Lipinski definition) is 0. The molecule has 0 unspecified atom stereocenters. The minimum absolute atomic E-state index is 0.216. The van der Waals surface area contributed by atoms with Crippen molar-refractivity contribution in [3.05, 3.63) is 59.4 Å². The highest BCUT2D eigenvalue weighted by molar-refractivity contribution is 5.73. The van der Waals surface area contributed by atoms with Gasteiger partial charge in [-0.15, -0.1) is 0 Å². The fraction of sp³-hybridized carbons (Fsp3) is 0.125. The highest BCUT2D eigenvalue weighted by atomic mass is 19.1. The van der Waals surface area contributed by atoms with Gasteiger partial charge in [0, 0.05) is 11.3 Å². The molecular weight excluding hydrogens is 271 g/mol. The molecule has 0 spiro atoms. The van der Waals surface area contributed by atoms with Crippen LogP contribution in [0.15, 0.2) is 40.8 Å². The molecule has 0 aliphatic heterocycles. The molecular formula is C16H13FN2O2. The van der Waals surface area contributed by atoms with Gasteiger partial charge in [-0.2, -0.15) is 5.10 Å². The molecule has 0 aliphatic carbocycles. The number of rotatable bonds is 3. The lowest BCUT2D eigenvalue weighted by Crippen LogP contribution is -2.02. The topological polar surface area (TPSA) is 48.0 Å². The average Bonchev–Trinajstić information content (AvgIpc) is 3.05. The molecule has 5 heteroatoms. The summed E-state index contributed by atoms with van der Waals surface area (Å²) in [6, 6.07) is 9.83. The van der Waals surface area contributed by atoms with Gasteiger partial charge in [0.2, 0.25) is 0 Å². The van der Waals surface area contributed by atoms with E-state index in [-0.39, 0.29) is 5.76 Å². The summed E-state index contributed by atoms with van der Waals surface area (Å²) in [4.78, 5) is 10.6. The first-order valence-corrected chi connectivity index (χ1v) is 6.47. The van der Waals surface area contributed by atoms with E-state index in [9.17, 15) is 9.18 Å². The third kappa shape index (κ3) is 2.38. The van der Waals surface area contributed by atoms with E-state index in [1.165, 1.54) is 6.07 Å². The number of carbonyl (C=O) groups excluding carboxylic acids is 1. The number of benzene rings is 1. The molecule has 106 valence electrons. The van der Waals surface area contributed by atoms with Crippen molar-refractivity contribution < 1.29 is 13.6 Å². The molecule has 0 saturated carbocycles. The van der Waals surface area contributed by atoms with Crippen LogP contribution in [-0.4, -0.2) is 16.1 Å². The molecule has 1 aromatic carbocycles. The van der Waals surface area contributed by atoms with Crippen LogP contribution in [0.4, 0.5) is 4.39 Å². The lowest BCUT2D eigenvalue weighted by atomic mass is 10.1. The van der Waals surface area contributed by atoms with Crippen molar-refractivity contribution in [1.82, 2.24) is 9.78 Å². The summed E-state index contributed by atoms with van der Waals surface area (Å²) in [5.74, 6) is 0.270. The standard InChI is InChI=1S/C16H13FN2O2/c1-10-7-11(2)19(18-10)15-5-3-12(8-14(15)17)16-6-4-13(9-20)21-16/h3-9H,1-2H3. The molecule has 0 atom stereocenters. The van der Waals surface area contributed by atoms with Gasteiger partial charge >= 0.3 is 0 Å². The van der Waals surface area contributed by atoms with Crippen LogP contribution in [0.25, 0.3) is 17.0 Å². The summed E-state index contributed by atoms with van der Waals surface area (Å²) >= 11 is 0. The average molecular weight is 284 g/mol. The quantitative estimate of drug-likeness (QED) is 0.689. The second kappa shape index (κ2) is 5.01. The van der Waals surface area contributed by atoms with Gasteiger partial charge in [-0.25, -0.2) is 9.07 Å². The fourth-order valence-corrected chi connectivity index (χ4v) is 2.28. The summed E-state index contributed by atoms with van der Waals surface area (Å²) in [7, 11) is 0. The minimum atomic E-state index is -0.400. The zero-order chi connectivity index (χ0) is 15.0. The molecule has 4 nitrogen and oxygen atoms in total. The first-order valence-electron chi connectivity index (χ1n) is 6.47. The van der Waals surface area contributed by atoms with Crippen LogP contribution in [0.5, 0.6) is 0 Å². The maximum absolute atomic E-state index is 14.3. The van der Waals surface area contributed by atoms with Gasteiger partial charge in [-0.1, -0.05) is 0 Å². The van der Waals surface area contributed by atoms with E-state index in [0.29, 0.717) is 23.3 Å². The van der Waals surface area contributed by atoms with Crippen LogP contribution in [0.2, 0.25) is 0 Å². The van der Waals surface area contributed by atoms with Crippen LogP contribution in [0, 0.1) is 19.7 Å². The Kier molecular flexibility index (Phi) is 3.17. The first kappa shape index (κ1) is 13.3. The predicted octanol–water partition coefficient (Wildman–Crippen LogP) is 3.70. The van der Waals surface area contributed by atoms with Crippen LogP contribution >= 0.6 is 0 Å². The Balaban J connectivity index is 2.03. The summed E-state index contributed by atoms with van der Waals surface area (Å²) in [5, 5.41) is 4.27. The number of nitrogens with zero attached hydrogens (tertiary/aromatic N) is 2. The van der Waals surface area contributed by atoms with Gasteiger partial charge in [0.1, 0.15) is 17.3 Å². The van der Waals surface area contributed by atoms with Crippen molar-refractivity contribution in [3.63, 3.8) is 0 Å². The number of furan rings is 1. The third-order valence-corrected chi connectivity index (χ3v) is 3.21. The van der Waals surface area contributed by atoms with Crippen LogP contribution < -0.4 is 0 Å². The molecule has 0 N–H and O–H groups in total. The smallest absolute Gasteiger partial charge is 0.185 e. The minimum Gasteiger partial charge on any atom is -0.453 e. The van der Waals surface area contributed by atoms with Crippen molar-refractivity contribution in [3.8, 4) is 17.0 Å². The molecule has 2 aromatic heterocycles. The molecule has 21 heavy (non-hydrogen) atoms. The summed E-state index contributed by atoms with van der Waals surface area (Å²) < 4.78 is 21.2. The first-order chi connectivity index (χ1) is 10.1. The van der Waals surface area contributed by atoms with Crippen LogP contribution in [0.1, 0.15) is 21.9 Å². The van der Waals surface area contributed by atoms with E-state index in [2.05, 4.69) is 5.10 Å². The Labute approximate surface area is 120 Å².